The first-order valence-electron chi connectivity index (χ1n) is 12.9. The molecule has 1 aromatic rings. The van der Waals surface area contributed by atoms with Gasteiger partial charge >= 0.3 is 0 Å². The Kier molecular flexibility index (Phi) is 6.07. The quantitative estimate of drug-likeness (QED) is 0.341. The van der Waals surface area contributed by atoms with E-state index in [0.29, 0.717) is 23.3 Å². The number of hydrogen-bond acceptors (Lipinski definition) is 3. The van der Waals surface area contributed by atoms with E-state index in [9.17, 15) is 10.5 Å². The lowest BCUT2D eigenvalue weighted by molar-refractivity contribution is 0.0811. The molecule has 0 saturated heterocycles. The van der Waals surface area contributed by atoms with Gasteiger partial charge in [0.25, 0.3) is 0 Å². The molecule has 0 aliphatic heterocycles. The summed E-state index contributed by atoms with van der Waals surface area (Å²) >= 11 is 0. The van der Waals surface area contributed by atoms with E-state index in [4.69, 9.17) is 4.43 Å². The molecule has 33 heavy (non-hydrogen) atoms. The van der Waals surface area contributed by atoms with Crippen molar-refractivity contribution >= 4 is 8.32 Å². The molecule has 0 bridgehead atoms. The molecule has 2 saturated carbocycles. The topological polar surface area (TPSA) is 56.8 Å². The van der Waals surface area contributed by atoms with Crippen LogP contribution in [0.3, 0.4) is 0 Å². The van der Waals surface area contributed by atoms with Crippen LogP contribution in [0.2, 0.25) is 18.1 Å². The molecule has 1 aromatic carbocycles. The van der Waals surface area contributed by atoms with Gasteiger partial charge in [-0.3, -0.25) is 0 Å². The Labute approximate surface area is 202 Å². The highest BCUT2D eigenvalue weighted by atomic mass is 28.4. The highest BCUT2D eigenvalue weighted by Crippen LogP contribution is 2.63. The number of nitriles is 2. The smallest absolute Gasteiger partial charge is 0.250 e. The van der Waals surface area contributed by atoms with Crippen molar-refractivity contribution in [3.8, 4) is 17.9 Å². The number of nitrogens with zero attached hydrogens (tertiary/aromatic N) is 2. The maximum Gasteiger partial charge on any atom is 0.250 e. The second kappa shape index (κ2) is 8.32. The lowest BCUT2D eigenvalue weighted by Crippen LogP contribution is -2.44. The van der Waals surface area contributed by atoms with Gasteiger partial charge in [0.1, 0.15) is 23.5 Å². The first kappa shape index (κ1) is 24.1. The molecule has 0 spiro atoms. The summed E-state index contributed by atoms with van der Waals surface area (Å²) in [6.45, 7) is 16.2. The van der Waals surface area contributed by atoms with Gasteiger partial charge < -0.3 is 4.43 Å². The van der Waals surface area contributed by atoms with Crippen LogP contribution in [0.4, 0.5) is 0 Å². The van der Waals surface area contributed by atoms with E-state index in [1.807, 2.05) is 0 Å². The molecule has 3 aliphatic carbocycles. The van der Waals surface area contributed by atoms with Crippen molar-refractivity contribution in [1.82, 2.24) is 0 Å². The minimum atomic E-state index is -1.88. The Hall–Kier alpha value is -2.04. The zero-order valence-electron chi connectivity index (χ0n) is 21.6. The molecular formula is C29H40N2OSi. The van der Waals surface area contributed by atoms with E-state index < -0.39 is 8.32 Å². The SMILES string of the molecule is CCc1cc2c(cc1O[Si](C)(C)C(C)(C)C)CC[C@@H]1[C@@H]2CC[C@]2(C)C(=C(C#N)C#N)CC[C@@H]12. The summed E-state index contributed by atoms with van der Waals surface area (Å²) in [6, 6.07) is 9.27. The minimum Gasteiger partial charge on any atom is -0.543 e. The predicted octanol–water partition coefficient (Wildman–Crippen LogP) is 7.83. The fourth-order valence-electron chi connectivity index (χ4n) is 6.83. The van der Waals surface area contributed by atoms with Crippen LogP contribution in [0.1, 0.15) is 89.3 Å². The lowest BCUT2D eigenvalue weighted by Gasteiger charge is -2.50. The summed E-state index contributed by atoms with van der Waals surface area (Å²) in [5.74, 6) is 2.97. The van der Waals surface area contributed by atoms with Crippen LogP contribution >= 0.6 is 0 Å². The first-order chi connectivity index (χ1) is 15.5. The third-order valence-electron chi connectivity index (χ3n) is 9.77. The number of hydrogen-bond donors (Lipinski definition) is 0. The normalized spacial score (nSPS) is 28.8. The van der Waals surface area contributed by atoms with Gasteiger partial charge in [-0.15, -0.1) is 0 Å². The highest BCUT2D eigenvalue weighted by molar-refractivity contribution is 6.74. The molecule has 2 fully saturated rings. The van der Waals surface area contributed by atoms with Gasteiger partial charge in [0, 0.05) is 0 Å². The largest absolute Gasteiger partial charge is 0.543 e. The fraction of sp³-hybridized carbons (Fsp3) is 0.655. The van der Waals surface area contributed by atoms with Crippen LogP contribution in [0.15, 0.2) is 23.3 Å². The Bertz CT molecular complexity index is 1050. The van der Waals surface area contributed by atoms with Crippen LogP contribution in [-0.2, 0) is 12.8 Å². The van der Waals surface area contributed by atoms with E-state index in [2.05, 4.69) is 72.0 Å². The maximum atomic E-state index is 9.53. The zero-order chi connectivity index (χ0) is 24.2. The van der Waals surface area contributed by atoms with E-state index in [0.717, 1.165) is 49.8 Å². The fourth-order valence-corrected chi connectivity index (χ4v) is 7.87. The van der Waals surface area contributed by atoms with Crippen LogP contribution in [0.5, 0.6) is 5.75 Å². The monoisotopic (exact) mass is 460 g/mol. The van der Waals surface area contributed by atoms with E-state index in [-0.39, 0.29) is 10.5 Å². The predicted molar refractivity (Wildman–Crippen MR) is 137 cm³/mol. The summed E-state index contributed by atoms with van der Waals surface area (Å²) in [5.41, 5.74) is 5.97. The second-order valence-corrected chi connectivity index (χ2v) is 17.1. The number of benzene rings is 1. The van der Waals surface area contributed by atoms with Gasteiger partial charge in [-0.2, -0.15) is 10.5 Å². The van der Waals surface area contributed by atoms with Crippen molar-refractivity contribution in [1.29, 1.82) is 10.5 Å². The summed E-state index contributed by atoms with van der Waals surface area (Å²) in [6.07, 6.45) is 7.62. The van der Waals surface area contributed by atoms with Gasteiger partial charge in [0.2, 0.25) is 8.32 Å². The molecule has 176 valence electrons. The van der Waals surface area contributed by atoms with Crippen LogP contribution in [0, 0.1) is 39.9 Å². The molecule has 4 heteroatoms. The summed E-state index contributed by atoms with van der Waals surface area (Å²) < 4.78 is 6.81. The van der Waals surface area contributed by atoms with Crippen molar-refractivity contribution in [2.45, 2.75) is 104 Å². The van der Waals surface area contributed by atoms with Crippen molar-refractivity contribution in [3.63, 3.8) is 0 Å². The molecule has 3 aliphatic rings. The Morgan fingerprint density at radius 1 is 1.12 bits per heavy atom. The molecular weight excluding hydrogens is 420 g/mol. The molecule has 0 aromatic heterocycles. The summed E-state index contributed by atoms with van der Waals surface area (Å²) in [7, 11) is -1.88. The Morgan fingerprint density at radius 2 is 1.82 bits per heavy atom. The Morgan fingerprint density at radius 3 is 2.42 bits per heavy atom. The molecule has 0 N–H and O–H groups in total. The molecule has 4 rings (SSSR count). The average molecular weight is 461 g/mol. The third kappa shape index (κ3) is 3.85. The summed E-state index contributed by atoms with van der Waals surface area (Å²) in [5, 5.41) is 19.2. The highest BCUT2D eigenvalue weighted by Gasteiger charge is 2.53. The van der Waals surface area contributed by atoms with Crippen molar-refractivity contribution in [2.75, 3.05) is 0 Å². The van der Waals surface area contributed by atoms with Crippen molar-refractivity contribution < 1.29 is 4.43 Å². The Balaban J connectivity index is 1.68. The number of fused-ring (bicyclic) bond motifs is 5. The van der Waals surface area contributed by atoms with Gasteiger partial charge in [-0.05, 0) is 115 Å². The average Bonchev–Trinajstić information content (AvgIpc) is 3.10. The molecule has 0 unspecified atom stereocenters. The lowest BCUT2D eigenvalue weighted by atomic mass is 9.55. The molecule has 0 amide bonds. The zero-order valence-corrected chi connectivity index (χ0v) is 22.6. The minimum absolute atomic E-state index is 0.0262. The number of aryl methyl sites for hydroxylation is 2. The second-order valence-electron chi connectivity index (χ2n) is 12.4. The van der Waals surface area contributed by atoms with Gasteiger partial charge in [0.15, 0.2) is 0 Å². The third-order valence-corrected chi connectivity index (χ3v) is 14.1. The van der Waals surface area contributed by atoms with Crippen LogP contribution in [-0.4, -0.2) is 8.32 Å². The van der Waals surface area contributed by atoms with Crippen molar-refractivity contribution in [3.05, 3.63) is 40.0 Å². The van der Waals surface area contributed by atoms with Crippen molar-refractivity contribution in [2.24, 2.45) is 17.3 Å². The number of rotatable bonds is 3. The van der Waals surface area contributed by atoms with E-state index in [1.54, 1.807) is 5.56 Å². The van der Waals surface area contributed by atoms with E-state index in [1.165, 1.54) is 17.5 Å². The van der Waals surface area contributed by atoms with Gasteiger partial charge in [-0.1, -0.05) is 40.7 Å². The number of allylic oxidation sites excluding steroid dienone is 2. The molecule has 0 radical (unpaired) electrons. The maximum absolute atomic E-state index is 9.53. The van der Waals surface area contributed by atoms with Gasteiger partial charge in [-0.25, -0.2) is 0 Å². The molecule has 3 nitrogen and oxygen atoms in total. The van der Waals surface area contributed by atoms with E-state index >= 15 is 0 Å². The first-order valence-corrected chi connectivity index (χ1v) is 15.8. The molecule has 0 heterocycles. The summed E-state index contributed by atoms with van der Waals surface area (Å²) in [4.78, 5) is 0. The van der Waals surface area contributed by atoms with Crippen LogP contribution < -0.4 is 4.43 Å². The molecule has 4 atom stereocenters. The standard InChI is InChI=1S/C29H40N2OSi/c1-8-19-15-24-20(16-27(19)32-33(6,7)28(2,3)4)9-10-23-22(24)13-14-29(5)25(11-12-26(23)29)21(17-30)18-31/h15-16,22-23,26H,8-14H2,1-7H3/t22-,23+,26-,29+/m0/s1. The van der Waals surface area contributed by atoms with Crippen LogP contribution in [0.25, 0.3) is 0 Å². The van der Waals surface area contributed by atoms with Gasteiger partial charge in [0.05, 0.1) is 0 Å².